The molecular formula is C25H19ClF2N3O7P. The highest BCUT2D eigenvalue weighted by Crippen LogP contribution is 2.36. The minimum absolute atomic E-state index is 0.00323. The molecule has 4 aromatic rings. The summed E-state index contributed by atoms with van der Waals surface area (Å²) >= 11 is 6.02. The number of carbonyl (C=O) groups is 1. The lowest BCUT2D eigenvalue weighted by Gasteiger charge is -2.13. The number of anilines is 1. The number of ketones is 1. The van der Waals surface area contributed by atoms with Gasteiger partial charge in [-0.1, -0.05) is 29.8 Å². The van der Waals surface area contributed by atoms with E-state index in [1.807, 2.05) is 0 Å². The second kappa shape index (κ2) is 11.4. The van der Waals surface area contributed by atoms with Gasteiger partial charge in [0.1, 0.15) is 23.4 Å². The molecule has 0 radical (unpaired) electrons. The number of Topliss-reactive ketones (excluding diaryl/α,β-unsaturated/α-hetero) is 1. The van der Waals surface area contributed by atoms with E-state index in [4.69, 9.17) is 31.9 Å². The molecule has 39 heavy (non-hydrogen) atoms. The van der Waals surface area contributed by atoms with Gasteiger partial charge in [-0.15, -0.1) is 0 Å². The lowest BCUT2D eigenvalue weighted by molar-refractivity contribution is 0.0990. The van der Waals surface area contributed by atoms with Crippen LogP contribution in [0.3, 0.4) is 0 Å². The van der Waals surface area contributed by atoms with Gasteiger partial charge in [-0.25, -0.2) is 18.3 Å². The Morgan fingerprint density at radius 1 is 1.08 bits per heavy atom. The van der Waals surface area contributed by atoms with Crippen LogP contribution in [0.4, 0.5) is 14.6 Å². The molecule has 0 aliphatic rings. The van der Waals surface area contributed by atoms with Crippen molar-refractivity contribution < 1.29 is 37.2 Å². The molecule has 4 rings (SSSR count). The SMILES string of the molecule is Nc1nccc(Oc2ccc(CC(=O)c3cn(COP(=O)(O)O)cc(-c4ccc(F)cc4)c3=O)cc2F)c1Cl. The van der Waals surface area contributed by atoms with Crippen LogP contribution in [-0.2, 0) is 22.2 Å². The van der Waals surface area contributed by atoms with Gasteiger partial charge in [0, 0.05) is 36.6 Å². The van der Waals surface area contributed by atoms with Gasteiger partial charge < -0.3 is 24.8 Å². The number of nitrogens with two attached hydrogens (primary N) is 1. The molecule has 14 heteroatoms. The molecule has 2 aromatic heterocycles. The third-order valence-corrected chi connectivity index (χ3v) is 6.20. The fourth-order valence-electron chi connectivity index (χ4n) is 3.54. The molecule has 2 heterocycles. The average molecular weight is 578 g/mol. The van der Waals surface area contributed by atoms with Crippen molar-refractivity contribution in [2.45, 2.75) is 13.2 Å². The van der Waals surface area contributed by atoms with E-state index in [9.17, 15) is 22.9 Å². The van der Waals surface area contributed by atoms with Crippen LogP contribution in [0.5, 0.6) is 11.5 Å². The predicted octanol–water partition coefficient (Wildman–Crippen LogP) is 4.71. The predicted molar refractivity (Wildman–Crippen MR) is 137 cm³/mol. The van der Waals surface area contributed by atoms with Crippen LogP contribution in [-0.4, -0.2) is 25.1 Å². The lowest BCUT2D eigenvalue weighted by atomic mass is 9.99. The third kappa shape index (κ3) is 6.94. The third-order valence-electron chi connectivity index (χ3n) is 5.37. The molecule has 0 bridgehead atoms. The van der Waals surface area contributed by atoms with Crippen LogP contribution in [0.1, 0.15) is 15.9 Å². The summed E-state index contributed by atoms with van der Waals surface area (Å²) in [5, 5.41) is -0.00352. The fraction of sp³-hybridized carbons (Fsp3) is 0.0800. The highest BCUT2D eigenvalue weighted by Gasteiger charge is 2.20. The minimum Gasteiger partial charge on any atom is -0.453 e. The Labute approximate surface area is 224 Å². The molecule has 0 unspecified atom stereocenters. The highest BCUT2D eigenvalue weighted by molar-refractivity contribution is 7.46. The summed E-state index contributed by atoms with van der Waals surface area (Å²) < 4.78 is 50.4. The van der Waals surface area contributed by atoms with Crippen molar-refractivity contribution in [3.8, 4) is 22.6 Å². The molecule has 2 aromatic carbocycles. The van der Waals surface area contributed by atoms with Crippen LogP contribution >= 0.6 is 19.4 Å². The first-order chi connectivity index (χ1) is 18.4. The first-order valence-electron chi connectivity index (χ1n) is 11.0. The van der Waals surface area contributed by atoms with Gasteiger partial charge in [0.25, 0.3) is 0 Å². The average Bonchev–Trinajstić information content (AvgIpc) is 2.87. The van der Waals surface area contributed by atoms with Crippen molar-refractivity contribution in [3.63, 3.8) is 0 Å². The molecule has 4 N–H and O–H groups in total. The quantitative estimate of drug-likeness (QED) is 0.189. The van der Waals surface area contributed by atoms with Gasteiger partial charge in [-0.05, 0) is 35.4 Å². The number of pyridine rings is 2. The fourth-order valence-corrected chi connectivity index (χ4v) is 3.97. The number of nitrogens with zero attached hydrogens (tertiary/aromatic N) is 2. The number of aromatic nitrogens is 2. The minimum atomic E-state index is -4.88. The van der Waals surface area contributed by atoms with E-state index in [0.717, 1.165) is 29.0 Å². The van der Waals surface area contributed by atoms with Crippen molar-refractivity contribution in [1.29, 1.82) is 0 Å². The Morgan fingerprint density at radius 3 is 2.46 bits per heavy atom. The number of rotatable bonds is 9. The molecule has 0 saturated heterocycles. The number of phosphoric acid groups is 1. The maximum Gasteiger partial charge on any atom is 0.471 e. The van der Waals surface area contributed by atoms with Crippen LogP contribution < -0.4 is 15.9 Å². The van der Waals surface area contributed by atoms with Crippen LogP contribution in [0.15, 0.2) is 71.9 Å². The Morgan fingerprint density at radius 2 is 1.79 bits per heavy atom. The Kier molecular flexibility index (Phi) is 8.24. The van der Waals surface area contributed by atoms with Gasteiger partial charge in [0.15, 0.2) is 28.5 Å². The Balaban J connectivity index is 1.63. The zero-order valence-electron chi connectivity index (χ0n) is 19.8. The van der Waals surface area contributed by atoms with E-state index < -0.39 is 43.8 Å². The van der Waals surface area contributed by atoms with E-state index in [2.05, 4.69) is 9.51 Å². The number of halogens is 3. The van der Waals surface area contributed by atoms with Crippen molar-refractivity contribution in [1.82, 2.24) is 9.55 Å². The standard InChI is InChI=1S/C25H19ClF2N3O7P/c26-23-22(7-8-30-25(23)29)38-21-6-1-14(9-19(21)28)10-20(32)18-12-31(13-37-39(34,35)36)11-17(24(18)33)15-2-4-16(27)5-3-15/h1-9,11-12H,10,13H2,(H2,29,30)(H2,34,35,36). The summed E-state index contributed by atoms with van der Waals surface area (Å²) in [4.78, 5) is 48.2. The number of carbonyl (C=O) groups excluding carboxylic acids is 1. The summed E-state index contributed by atoms with van der Waals surface area (Å²) in [6, 6.07) is 9.96. The first kappa shape index (κ1) is 28.1. The molecule has 0 saturated carbocycles. The second-order valence-corrected chi connectivity index (χ2v) is 9.78. The number of phosphoric ester groups is 1. The number of hydrogen-bond donors (Lipinski definition) is 3. The number of ether oxygens (including phenoxy) is 1. The summed E-state index contributed by atoms with van der Waals surface area (Å²) in [5.74, 6) is -2.22. The largest absolute Gasteiger partial charge is 0.471 e. The van der Waals surface area contributed by atoms with Crippen LogP contribution in [0.2, 0.25) is 5.02 Å². The van der Waals surface area contributed by atoms with Crippen molar-refractivity contribution in [3.05, 3.63) is 105 Å². The van der Waals surface area contributed by atoms with Gasteiger partial charge in [0.05, 0.1) is 5.56 Å². The van der Waals surface area contributed by atoms with Crippen molar-refractivity contribution >= 4 is 31.0 Å². The molecule has 202 valence electrons. The maximum atomic E-state index is 14.8. The second-order valence-electron chi connectivity index (χ2n) is 8.16. The number of hydrogen-bond acceptors (Lipinski definition) is 7. The zero-order chi connectivity index (χ0) is 28.3. The van der Waals surface area contributed by atoms with Crippen molar-refractivity contribution in [2.75, 3.05) is 5.73 Å². The molecule has 0 spiro atoms. The molecule has 0 aliphatic carbocycles. The summed E-state index contributed by atoms with van der Waals surface area (Å²) in [6.45, 7) is -0.693. The van der Waals surface area contributed by atoms with Gasteiger partial charge in [-0.3, -0.25) is 14.1 Å². The van der Waals surface area contributed by atoms with Crippen LogP contribution in [0, 0.1) is 11.6 Å². The Hall–Kier alpha value is -3.93. The van der Waals surface area contributed by atoms with Crippen molar-refractivity contribution in [2.24, 2.45) is 0 Å². The van der Waals surface area contributed by atoms with E-state index in [1.165, 1.54) is 42.7 Å². The summed E-state index contributed by atoms with van der Waals surface area (Å²) in [6.07, 6.45) is 3.21. The number of nitrogen functional groups attached to an aromatic ring is 1. The molecule has 10 nitrogen and oxygen atoms in total. The first-order valence-corrected chi connectivity index (χ1v) is 12.9. The normalized spacial score (nSPS) is 11.4. The highest BCUT2D eigenvalue weighted by atomic mass is 35.5. The monoisotopic (exact) mass is 577 g/mol. The molecule has 0 fully saturated rings. The summed E-state index contributed by atoms with van der Waals surface area (Å²) in [7, 11) is -4.88. The smallest absolute Gasteiger partial charge is 0.453 e. The maximum absolute atomic E-state index is 14.8. The number of benzene rings is 2. The van der Waals surface area contributed by atoms with E-state index in [1.54, 1.807) is 0 Å². The topological polar surface area (TPSA) is 154 Å². The molecule has 0 atom stereocenters. The van der Waals surface area contributed by atoms with Crippen LogP contribution in [0.25, 0.3) is 11.1 Å². The Bertz CT molecular complexity index is 1660. The van der Waals surface area contributed by atoms with Gasteiger partial charge >= 0.3 is 7.82 Å². The lowest BCUT2D eigenvalue weighted by Crippen LogP contribution is -2.21. The molecule has 0 aliphatic heterocycles. The van der Waals surface area contributed by atoms with E-state index in [-0.39, 0.29) is 44.6 Å². The zero-order valence-corrected chi connectivity index (χ0v) is 21.4. The van der Waals surface area contributed by atoms with E-state index in [0.29, 0.717) is 0 Å². The molecule has 0 amide bonds. The van der Waals surface area contributed by atoms with E-state index >= 15 is 0 Å². The van der Waals surface area contributed by atoms with Gasteiger partial charge in [0.2, 0.25) is 0 Å². The molecular weight excluding hydrogens is 559 g/mol. The summed E-state index contributed by atoms with van der Waals surface area (Å²) in [5.41, 5.74) is 4.96. The van der Waals surface area contributed by atoms with Gasteiger partial charge in [-0.2, -0.15) is 0 Å².